The predicted octanol–water partition coefficient (Wildman–Crippen LogP) is 4.26. The summed E-state index contributed by atoms with van der Waals surface area (Å²) in [7, 11) is 0. The zero-order valence-electron chi connectivity index (χ0n) is 24.9. The topological polar surface area (TPSA) is 130 Å². The summed E-state index contributed by atoms with van der Waals surface area (Å²) < 4.78 is 45.2. The van der Waals surface area contributed by atoms with Crippen LogP contribution >= 0.6 is 0 Å². The van der Waals surface area contributed by atoms with Crippen molar-refractivity contribution in [1.82, 2.24) is 0 Å². The number of halogens is 3. The second-order valence-corrected chi connectivity index (χ2v) is 11.9. The third-order valence-corrected chi connectivity index (χ3v) is 9.20. The number of aliphatic carboxylic acids is 2. The minimum atomic E-state index is -5.19. The van der Waals surface area contributed by atoms with Gasteiger partial charge in [-0.2, -0.15) is 13.2 Å². The average molecular weight is 634 g/mol. The lowest BCUT2D eigenvalue weighted by atomic mass is 9.85. The van der Waals surface area contributed by atoms with Gasteiger partial charge in [0.25, 0.3) is 5.60 Å². The van der Waals surface area contributed by atoms with Crippen molar-refractivity contribution in [2.24, 2.45) is 0 Å². The molecule has 0 aromatic heterocycles. The summed E-state index contributed by atoms with van der Waals surface area (Å²) in [5, 5.41) is 17.7. The van der Waals surface area contributed by atoms with Crippen molar-refractivity contribution in [1.29, 1.82) is 0 Å². The van der Waals surface area contributed by atoms with Crippen molar-refractivity contribution in [3.63, 3.8) is 0 Å². The molecule has 12 heteroatoms. The summed E-state index contributed by atoms with van der Waals surface area (Å²) in [5.74, 6) is -5.02. The number of esters is 2. The Morgan fingerprint density at radius 2 is 1.29 bits per heavy atom. The summed E-state index contributed by atoms with van der Waals surface area (Å²) in [4.78, 5) is 47.1. The normalized spacial score (nSPS) is 21.8. The van der Waals surface area contributed by atoms with Crippen LogP contribution in [0.3, 0.4) is 0 Å². The number of alkyl halides is 3. The number of unbranched alkanes of at least 4 members (excludes halogenated alkanes) is 1. The van der Waals surface area contributed by atoms with Gasteiger partial charge in [-0.05, 0) is 12.8 Å². The molecule has 45 heavy (non-hydrogen) atoms. The fourth-order valence-corrected chi connectivity index (χ4v) is 7.22. The highest BCUT2D eigenvalue weighted by Gasteiger charge is 2.57. The lowest BCUT2D eigenvalue weighted by Crippen LogP contribution is -2.60. The molecule has 0 aliphatic carbocycles. The van der Waals surface area contributed by atoms with E-state index in [2.05, 4.69) is 0 Å². The monoisotopic (exact) mass is 633 g/mol. The van der Waals surface area contributed by atoms with Gasteiger partial charge in [0.05, 0.1) is 25.2 Å². The van der Waals surface area contributed by atoms with E-state index in [0.717, 1.165) is 12.8 Å². The van der Waals surface area contributed by atoms with Gasteiger partial charge in [0.1, 0.15) is 12.1 Å². The van der Waals surface area contributed by atoms with E-state index in [-0.39, 0.29) is 18.9 Å². The molecular formula is C33H38F3NO8. The van der Waals surface area contributed by atoms with Crippen LogP contribution in [-0.2, 0) is 34.3 Å². The molecule has 3 aliphatic heterocycles. The Balaban J connectivity index is 0.000000591. The number of rotatable bonds is 10. The molecule has 1 N–H and O–H groups in total. The lowest BCUT2D eigenvalue weighted by Gasteiger charge is -2.47. The number of ether oxygens (including phenoxy) is 2. The van der Waals surface area contributed by atoms with Crippen molar-refractivity contribution >= 4 is 23.9 Å². The number of carbonyl (C=O) groups excluding carboxylic acids is 3. The summed E-state index contributed by atoms with van der Waals surface area (Å²) in [6.07, 6.45) is 1.99. The van der Waals surface area contributed by atoms with Crippen molar-refractivity contribution in [3.05, 3.63) is 71.8 Å². The maximum Gasteiger partial charge on any atom is 0.430 e. The molecule has 2 unspecified atom stereocenters. The van der Waals surface area contributed by atoms with Crippen LogP contribution in [0.2, 0.25) is 0 Å². The number of carboxylic acid groups (broad SMARTS) is 2. The van der Waals surface area contributed by atoms with Gasteiger partial charge >= 0.3 is 24.1 Å². The number of hydrogen-bond donors (Lipinski definition) is 1. The van der Waals surface area contributed by atoms with Crippen LogP contribution < -0.4 is 5.11 Å². The quantitative estimate of drug-likeness (QED) is 0.233. The number of carboxylic acids is 2. The number of piperidine rings is 1. The van der Waals surface area contributed by atoms with Crippen LogP contribution in [0.1, 0.15) is 75.3 Å². The van der Waals surface area contributed by atoms with Crippen molar-refractivity contribution in [3.8, 4) is 0 Å². The van der Waals surface area contributed by atoms with Gasteiger partial charge in [-0.3, -0.25) is 9.59 Å². The van der Waals surface area contributed by atoms with Gasteiger partial charge in [-0.25, -0.2) is 4.79 Å². The smallest absolute Gasteiger partial charge is 0.430 e. The van der Waals surface area contributed by atoms with E-state index in [9.17, 15) is 27.6 Å². The fraction of sp³-hybridized carbons (Fsp3) is 0.515. The Morgan fingerprint density at radius 3 is 1.73 bits per heavy atom. The first-order valence-corrected chi connectivity index (χ1v) is 15.3. The van der Waals surface area contributed by atoms with Gasteiger partial charge in [-0.15, -0.1) is 0 Å². The molecule has 3 aliphatic rings. The minimum absolute atomic E-state index is 0.0121. The third kappa shape index (κ3) is 7.84. The lowest BCUT2D eigenvalue weighted by molar-refractivity contribution is -0.956. The Morgan fingerprint density at radius 1 is 0.822 bits per heavy atom. The van der Waals surface area contributed by atoms with Crippen LogP contribution in [0, 0.1) is 0 Å². The Bertz CT molecular complexity index is 1270. The number of quaternary nitrogens is 1. The van der Waals surface area contributed by atoms with Gasteiger partial charge < -0.3 is 29.0 Å². The Labute approximate surface area is 259 Å². The van der Waals surface area contributed by atoms with Gasteiger partial charge in [0, 0.05) is 62.5 Å². The second kappa shape index (κ2) is 14.4. The standard InChI is InChI=1S/C31H37NO6.C2HF3O2/c33-28(34)15-7-8-16-29(35)38-31(23-11-3-1-4-12-23,24-13-5-2-6-14-24)30(36)37-27-21-25-17-18-26(22-27)32(25)19-9-10-20-32;3-2(4,5)1(6)7/h1-6,11-14,25-27H,7-10,15-22H2;(H,6,7). The van der Waals surface area contributed by atoms with Gasteiger partial charge in [-0.1, -0.05) is 60.7 Å². The molecule has 2 aromatic rings. The van der Waals surface area contributed by atoms with Gasteiger partial charge in [0.15, 0.2) is 0 Å². The fourth-order valence-electron chi connectivity index (χ4n) is 7.22. The number of carbonyl (C=O) groups is 4. The summed E-state index contributed by atoms with van der Waals surface area (Å²) in [6.45, 7) is 2.49. The van der Waals surface area contributed by atoms with E-state index in [0.29, 0.717) is 36.1 Å². The van der Waals surface area contributed by atoms with E-state index < -0.39 is 35.7 Å². The van der Waals surface area contributed by atoms with Crippen molar-refractivity contribution in [2.75, 3.05) is 13.1 Å². The van der Waals surface area contributed by atoms with Crippen LogP contribution in [0.5, 0.6) is 0 Å². The molecule has 2 bridgehead atoms. The molecule has 9 nitrogen and oxygen atoms in total. The number of benzene rings is 2. The Kier molecular flexibility index (Phi) is 10.9. The molecule has 0 saturated carbocycles. The van der Waals surface area contributed by atoms with Crippen LogP contribution in [0.15, 0.2) is 60.7 Å². The zero-order valence-corrected chi connectivity index (χ0v) is 24.9. The molecule has 5 rings (SSSR count). The van der Waals surface area contributed by atoms with E-state index in [4.69, 9.17) is 24.5 Å². The molecule has 2 atom stereocenters. The predicted molar refractivity (Wildman–Crippen MR) is 152 cm³/mol. The first-order chi connectivity index (χ1) is 21.4. The molecule has 0 amide bonds. The van der Waals surface area contributed by atoms with Crippen LogP contribution in [-0.4, -0.2) is 70.9 Å². The summed E-state index contributed by atoms with van der Waals surface area (Å²) in [6, 6.07) is 19.2. The molecule has 2 aromatic carbocycles. The summed E-state index contributed by atoms with van der Waals surface area (Å²) >= 11 is 0. The third-order valence-electron chi connectivity index (χ3n) is 9.20. The number of hydrogen-bond acceptors (Lipinski definition) is 7. The highest BCUT2D eigenvalue weighted by molar-refractivity contribution is 5.89. The Hall–Kier alpha value is -3.93. The van der Waals surface area contributed by atoms with Crippen molar-refractivity contribution < 1.29 is 56.5 Å². The zero-order chi connectivity index (χ0) is 32.7. The van der Waals surface area contributed by atoms with E-state index in [1.807, 2.05) is 36.4 Å². The van der Waals surface area contributed by atoms with Crippen LogP contribution in [0.4, 0.5) is 13.2 Å². The maximum absolute atomic E-state index is 14.3. The average Bonchev–Trinajstić information content (AvgIpc) is 3.55. The largest absolute Gasteiger partial charge is 0.542 e. The molecule has 1 spiro atoms. The second-order valence-electron chi connectivity index (χ2n) is 11.9. The van der Waals surface area contributed by atoms with E-state index in [1.54, 1.807) is 24.3 Å². The molecular weight excluding hydrogens is 595 g/mol. The van der Waals surface area contributed by atoms with E-state index >= 15 is 0 Å². The van der Waals surface area contributed by atoms with Crippen LogP contribution in [0.25, 0.3) is 0 Å². The molecule has 3 fully saturated rings. The SMILES string of the molecule is O=C(O)CCCCC(=O)OC(C(=O)OC1CC2CCC(C1)[N+]21CCCC1)(c1ccccc1)c1ccccc1.O=C([O-])C(F)(F)F. The first-order valence-electron chi connectivity index (χ1n) is 15.3. The van der Waals surface area contributed by atoms with E-state index in [1.165, 1.54) is 43.3 Å². The first kappa shape index (κ1) is 34.0. The molecule has 3 heterocycles. The van der Waals surface area contributed by atoms with Crippen molar-refractivity contribution in [2.45, 2.75) is 94.2 Å². The minimum Gasteiger partial charge on any atom is -0.542 e. The molecule has 3 saturated heterocycles. The maximum atomic E-state index is 14.3. The van der Waals surface area contributed by atoms with Gasteiger partial charge in [0.2, 0.25) is 0 Å². The molecule has 244 valence electrons. The number of nitrogens with zero attached hydrogens (tertiary/aromatic N) is 1. The molecule has 0 radical (unpaired) electrons. The highest BCUT2D eigenvalue weighted by atomic mass is 19.4. The summed E-state index contributed by atoms with van der Waals surface area (Å²) in [5.41, 5.74) is -0.656. The highest BCUT2D eigenvalue weighted by Crippen LogP contribution is 2.47.